The predicted octanol–water partition coefficient (Wildman–Crippen LogP) is -0.364. The second-order valence-corrected chi connectivity index (χ2v) is 5.53. The van der Waals surface area contributed by atoms with Gasteiger partial charge in [0.15, 0.2) is 11.5 Å². The first-order valence-corrected chi connectivity index (χ1v) is 7.08. The maximum absolute atomic E-state index is 9.91. The van der Waals surface area contributed by atoms with E-state index in [1.54, 1.807) is 18.2 Å². The monoisotopic (exact) mass is 364 g/mol. The van der Waals surface area contributed by atoms with Crippen molar-refractivity contribution in [2.24, 2.45) is 0 Å². The minimum Gasteiger partial charge on any atom is -0.493 e. The summed E-state index contributed by atoms with van der Waals surface area (Å²) in [5.41, 5.74) is 0. The standard InChI is InChI=1S/C13H17BrO7/c1-19-8-4-6(14)2-3-7(8)20-13-12(18)11(17)10(16)9(5-15)21-13/h2-4,9-13,15-18H,5H2,1H3. The van der Waals surface area contributed by atoms with Gasteiger partial charge in [-0.15, -0.1) is 0 Å². The average Bonchev–Trinajstić information content (AvgIpc) is 2.49. The van der Waals surface area contributed by atoms with Crippen LogP contribution in [0.5, 0.6) is 11.5 Å². The van der Waals surface area contributed by atoms with Crippen LogP contribution in [-0.2, 0) is 4.74 Å². The Bertz CT molecular complexity index is 482. The van der Waals surface area contributed by atoms with Crippen LogP contribution < -0.4 is 9.47 Å². The van der Waals surface area contributed by atoms with Crippen molar-refractivity contribution in [1.82, 2.24) is 0 Å². The topological polar surface area (TPSA) is 109 Å². The van der Waals surface area contributed by atoms with Gasteiger partial charge >= 0.3 is 0 Å². The summed E-state index contributed by atoms with van der Waals surface area (Å²) in [6.07, 6.45) is -6.62. The van der Waals surface area contributed by atoms with E-state index < -0.39 is 37.3 Å². The van der Waals surface area contributed by atoms with Crippen LogP contribution in [0.15, 0.2) is 22.7 Å². The Morgan fingerprint density at radius 1 is 1.14 bits per heavy atom. The van der Waals surface area contributed by atoms with Gasteiger partial charge in [-0.2, -0.15) is 0 Å². The van der Waals surface area contributed by atoms with Crippen LogP contribution >= 0.6 is 15.9 Å². The quantitative estimate of drug-likeness (QED) is 0.577. The SMILES string of the molecule is COc1cc(Br)ccc1OC1OC(CO)C(O)C(O)C1O. The predicted molar refractivity (Wildman–Crippen MR) is 75.1 cm³/mol. The molecule has 118 valence electrons. The molecule has 0 aliphatic carbocycles. The third-order valence-corrected chi connectivity index (χ3v) is 3.71. The molecule has 1 fully saturated rings. The first-order chi connectivity index (χ1) is 9.97. The molecule has 1 aromatic rings. The number of methoxy groups -OCH3 is 1. The molecule has 7 nitrogen and oxygen atoms in total. The van der Waals surface area contributed by atoms with Crippen LogP contribution in [0.4, 0.5) is 0 Å². The molecule has 1 heterocycles. The number of halogens is 1. The zero-order chi connectivity index (χ0) is 15.6. The van der Waals surface area contributed by atoms with E-state index in [9.17, 15) is 15.3 Å². The minimum absolute atomic E-state index is 0.296. The van der Waals surface area contributed by atoms with Gasteiger partial charge in [-0.1, -0.05) is 15.9 Å². The largest absolute Gasteiger partial charge is 0.493 e. The van der Waals surface area contributed by atoms with Gasteiger partial charge in [-0.3, -0.25) is 0 Å². The summed E-state index contributed by atoms with van der Waals surface area (Å²) in [6.45, 7) is -0.512. The normalized spacial score (nSPS) is 32.8. The first kappa shape index (κ1) is 16.5. The van der Waals surface area contributed by atoms with Crippen molar-refractivity contribution in [2.45, 2.75) is 30.7 Å². The first-order valence-electron chi connectivity index (χ1n) is 6.28. The van der Waals surface area contributed by atoms with E-state index in [4.69, 9.17) is 19.3 Å². The fourth-order valence-electron chi connectivity index (χ4n) is 2.03. The van der Waals surface area contributed by atoms with Gasteiger partial charge in [0.2, 0.25) is 6.29 Å². The summed E-state index contributed by atoms with van der Waals surface area (Å²) < 4.78 is 16.7. The lowest BCUT2D eigenvalue weighted by Gasteiger charge is -2.39. The van der Waals surface area contributed by atoms with Gasteiger partial charge in [0.05, 0.1) is 13.7 Å². The van der Waals surface area contributed by atoms with E-state index in [1.165, 1.54) is 7.11 Å². The van der Waals surface area contributed by atoms with Crippen molar-refractivity contribution in [1.29, 1.82) is 0 Å². The second-order valence-electron chi connectivity index (χ2n) is 4.61. The van der Waals surface area contributed by atoms with Gasteiger partial charge in [-0.05, 0) is 18.2 Å². The lowest BCUT2D eigenvalue weighted by Crippen LogP contribution is -2.60. The summed E-state index contributed by atoms with van der Waals surface area (Å²) in [6, 6.07) is 4.98. The molecule has 0 spiro atoms. The van der Waals surface area contributed by atoms with Crippen molar-refractivity contribution in [3.8, 4) is 11.5 Å². The summed E-state index contributed by atoms with van der Waals surface area (Å²) >= 11 is 3.29. The summed E-state index contributed by atoms with van der Waals surface area (Å²) in [5.74, 6) is 0.700. The molecule has 21 heavy (non-hydrogen) atoms. The molecule has 0 radical (unpaired) electrons. The molecule has 0 bridgehead atoms. The molecule has 1 aliphatic heterocycles. The van der Waals surface area contributed by atoms with Crippen LogP contribution in [0.25, 0.3) is 0 Å². The number of ether oxygens (including phenoxy) is 3. The van der Waals surface area contributed by atoms with E-state index in [2.05, 4.69) is 15.9 Å². The fraction of sp³-hybridized carbons (Fsp3) is 0.538. The third-order valence-electron chi connectivity index (χ3n) is 3.22. The Hall–Kier alpha value is -0.900. The molecule has 8 heteroatoms. The van der Waals surface area contributed by atoms with Crippen molar-refractivity contribution in [2.75, 3.05) is 13.7 Å². The van der Waals surface area contributed by atoms with Gasteiger partial charge in [0.1, 0.15) is 24.4 Å². The Balaban J connectivity index is 2.18. The molecule has 4 N–H and O–H groups in total. The summed E-state index contributed by atoms with van der Waals surface area (Å²) in [7, 11) is 1.46. The Labute approximate surface area is 129 Å². The molecule has 0 aromatic heterocycles. The molecule has 1 aromatic carbocycles. The molecule has 2 rings (SSSR count). The van der Waals surface area contributed by atoms with E-state index >= 15 is 0 Å². The van der Waals surface area contributed by atoms with Crippen molar-refractivity contribution in [3.63, 3.8) is 0 Å². The van der Waals surface area contributed by atoms with Gasteiger partial charge in [0.25, 0.3) is 0 Å². The lowest BCUT2D eigenvalue weighted by atomic mass is 9.99. The number of hydrogen-bond donors (Lipinski definition) is 4. The number of hydrogen-bond acceptors (Lipinski definition) is 7. The second kappa shape index (κ2) is 6.91. The average molecular weight is 365 g/mol. The molecular formula is C13H17BrO7. The number of rotatable bonds is 4. The zero-order valence-corrected chi connectivity index (χ0v) is 12.8. The zero-order valence-electron chi connectivity index (χ0n) is 11.2. The highest BCUT2D eigenvalue weighted by Crippen LogP contribution is 2.33. The highest BCUT2D eigenvalue weighted by atomic mass is 79.9. The van der Waals surface area contributed by atoms with Gasteiger partial charge < -0.3 is 34.6 Å². The number of benzene rings is 1. The Morgan fingerprint density at radius 3 is 2.48 bits per heavy atom. The molecule has 1 saturated heterocycles. The van der Waals surface area contributed by atoms with Crippen molar-refractivity contribution >= 4 is 15.9 Å². The van der Waals surface area contributed by atoms with E-state index in [0.717, 1.165) is 4.47 Å². The van der Waals surface area contributed by atoms with E-state index in [0.29, 0.717) is 11.5 Å². The number of aliphatic hydroxyl groups is 4. The highest BCUT2D eigenvalue weighted by molar-refractivity contribution is 9.10. The molecule has 5 atom stereocenters. The molecular weight excluding hydrogens is 348 g/mol. The lowest BCUT2D eigenvalue weighted by molar-refractivity contribution is -0.277. The minimum atomic E-state index is -1.48. The van der Waals surface area contributed by atoms with Gasteiger partial charge in [-0.25, -0.2) is 0 Å². The molecule has 5 unspecified atom stereocenters. The Kier molecular flexibility index (Phi) is 5.42. The fourth-order valence-corrected chi connectivity index (χ4v) is 2.37. The van der Waals surface area contributed by atoms with Crippen molar-refractivity contribution < 1.29 is 34.6 Å². The maximum atomic E-state index is 9.91. The highest BCUT2D eigenvalue weighted by Gasteiger charge is 2.44. The smallest absolute Gasteiger partial charge is 0.229 e. The molecule has 0 amide bonds. The third kappa shape index (κ3) is 3.47. The van der Waals surface area contributed by atoms with Gasteiger partial charge in [0, 0.05) is 4.47 Å². The Morgan fingerprint density at radius 2 is 1.86 bits per heavy atom. The molecule has 0 saturated carbocycles. The van der Waals surface area contributed by atoms with Crippen LogP contribution in [-0.4, -0.2) is 64.8 Å². The number of aliphatic hydroxyl groups excluding tert-OH is 4. The van der Waals surface area contributed by atoms with E-state index in [1.807, 2.05) is 0 Å². The van der Waals surface area contributed by atoms with Crippen LogP contribution in [0, 0.1) is 0 Å². The van der Waals surface area contributed by atoms with Crippen LogP contribution in [0.1, 0.15) is 0 Å². The molecule has 1 aliphatic rings. The van der Waals surface area contributed by atoms with E-state index in [-0.39, 0.29) is 0 Å². The maximum Gasteiger partial charge on any atom is 0.229 e. The van der Waals surface area contributed by atoms with Crippen LogP contribution in [0.2, 0.25) is 0 Å². The summed E-state index contributed by atoms with van der Waals surface area (Å²) in [4.78, 5) is 0. The van der Waals surface area contributed by atoms with Crippen molar-refractivity contribution in [3.05, 3.63) is 22.7 Å². The van der Waals surface area contributed by atoms with Crippen LogP contribution in [0.3, 0.4) is 0 Å². The summed E-state index contributed by atoms with van der Waals surface area (Å²) in [5, 5.41) is 38.4.